The van der Waals surface area contributed by atoms with Crippen LogP contribution in [0.5, 0.6) is 0 Å². The number of carbonyl (C=O) groups excluding carboxylic acids is 1. The van der Waals surface area contributed by atoms with Crippen LogP contribution >= 0.6 is 0 Å². The number of hydrogen-bond acceptors (Lipinski definition) is 4. The summed E-state index contributed by atoms with van der Waals surface area (Å²) in [6.07, 6.45) is 3.81. The third kappa shape index (κ3) is 3.04. The highest BCUT2D eigenvalue weighted by atomic mass is 16.5. The van der Waals surface area contributed by atoms with Crippen LogP contribution in [-0.2, 0) is 4.74 Å². The van der Waals surface area contributed by atoms with Crippen LogP contribution in [0.25, 0.3) is 0 Å². The monoisotopic (exact) mass is 267 g/mol. The number of hydrogen-bond donors (Lipinski definition) is 1. The molecule has 1 amide bonds. The molecule has 2 rings (SSSR count). The molecule has 2 heterocycles. The molecule has 0 saturated carbocycles. The number of esters is 1. The third-order valence-electron chi connectivity index (χ3n) is 3.15. The smallest absolute Gasteiger partial charge is 0.407 e. The summed E-state index contributed by atoms with van der Waals surface area (Å²) in [4.78, 5) is 23.9. The van der Waals surface area contributed by atoms with Crippen molar-refractivity contribution < 1.29 is 19.4 Å². The summed E-state index contributed by atoms with van der Waals surface area (Å²) >= 11 is 0. The molecule has 7 heteroatoms. The molecule has 1 unspecified atom stereocenters. The lowest BCUT2D eigenvalue weighted by molar-refractivity contribution is 0.0525. The minimum absolute atomic E-state index is 0.0203. The Hall–Kier alpha value is -2.05. The van der Waals surface area contributed by atoms with Crippen LogP contribution in [0.1, 0.15) is 36.2 Å². The summed E-state index contributed by atoms with van der Waals surface area (Å²) in [5.41, 5.74) is 0.397. The summed E-state index contributed by atoms with van der Waals surface area (Å²) in [5.74, 6) is -0.403. The standard InChI is InChI=1S/C12H17N3O4/c1-2-19-11(16)9-6-13-15(7-9)10-4-3-5-14(8-10)12(17)18/h6-7,10H,2-5,8H2,1H3,(H,17,18). The maximum atomic E-state index is 11.5. The molecule has 1 atom stereocenters. The molecule has 1 aliphatic heterocycles. The minimum Gasteiger partial charge on any atom is -0.465 e. The lowest BCUT2D eigenvalue weighted by atomic mass is 10.1. The van der Waals surface area contributed by atoms with Gasteiger partial charge in [0.05, 0.1) is 24.4 Å². The van der Waals surface area contributed by atoms with Crippen LogP contribution in [0.3, 0.4) is 0 Å². The molecule has 1 fully saturated rings. The van der Waals surface area contributed by atoms with Crippen molar-refractivity contribution in [1.82, 2.24) is 14.7 Å². The van der Waals surface area contributed by atoms with Crippen LogP contribution in [-0.4, -0.2) is 51.5 Å². The number of likely N-dealkylation sites (tertiary alicyclic amines) is 1. The van der Waals surface area contributed by atoms with E-state index in [2.05, 4.69) is 5.10 Å². The van der Waals surface area contributed by atoms with Gasteiger partial charge in [-0.05, 0) is 19.8 Å². The van der Waals surface area contributed by atoms with Crippen molar-refractivity contribution in [3.8, 4) is 0 Å². The summed E-state index contributed by atoms with van der Waals surface area (Å²) in [7, 11) is 0. The van der Waals surface area contributed by atoms with E-state index in [0.29, 0.717) is 25.3 Å². The molecule has 7 nitrogen and oxygen atoms in total. The minimum atomic E-state index is -0.914. The van der Waals surface area contributed by atoms with E-state index < -0.39 is 12.1 Å². The van der Waals surface area contributed by atoms with Gasteiger partial charge in [0.15, 0.2) is 0 Å². The number of amides is 1. The predicted molar refractivity (Wildman–Crippen MR) is 66.1 cm³/mol. The second-order valence-electron chi connectivity index (χ2n) is 4.45. The normalized spacial score (nSPS) is 19.2. The zero-order valence-corrected chi connectivity index (χ0v) is 10.8. The highest BCUT2D eigenvalue weighted by Gasteiger charge is 2.25. The first-order chi connectivity index (χ1) is 9.11. The second-order valence-corrected chi connectivity index (χ2v) is 4.45. The Labute approximate surface area is 110 Å². The molecule has 1 aromatic heterocycles. The molecule has 0 aromatic carbocycles. The van der Waals surface area contributed by atoms with E-state index in [1.54, 1.807) is 17.8 Å². The number of ether oxygens (including phenoxy) is 1. The van der Waals surface area contributed by atoms with Crippen molar-refractivity contribution in [2.45, 2.75) is 25.8 Å². The van der Waals surface area contributed by atoms with Gasteiger partial charge in [0.1, 0.15) is 0 Å². The average Bonchev–Trinajstić information content (AvgIpc) is 2.89. The lowest BCUT2D eigenvalue weighted by Gasteiger charge is -2.30. The molecule has 1 N–H and O–H groups in total. The molecule has 19 heavy (non-hydrogen) atoms. The Balaban J connectivity index is 2.05. The molecular weight excluding hydrogens is 250 g/mol. The fourth-order valence-electron chi connectivity index (χ4n) is 2.20. The average molecular weight is 267 g/mol. The first-order valence-corrected chi connectivity index (χ1v) is 6.31. The molecule has 104 valence electrons. The molecule has 0 bridgehead atoms. The summed E-state index contributed by atoms with van der Waals surface area (Å²) in [6, 6.07) is -0.0203. The van der Waals surface area contributed by atoms with Gasteiger partial charge >= 0.3 is 12.1 Å². The molecule has 0 spiro atoms. The van der Waals surface area contributed by atoms with Crippen molar-refractivity contribution in [2.75, 3.05) is 19.7 Å². The first-order valence-electron chi connectivity index (χ1n) is 6.31. The zero-order valence-electron chi connectivity index (χ0n) is 10.8. The van der Waals surface area contributed by atoms with E-state index in [0.717, 1.165) is 12.8 Å². The van der Waals surface area contributed by atoms with E-state index in [-0.39, 0.29) is 6.04 Å². The highest BCUT2D eigenvalue weighted by Crippen LogP contribution is 2.21. The fourth-order valence-corrected chi connectivity index (χ4v) is 2.20. The van der Waals surface area contributed by atoms with E-state index in [1.807, 2.05) is 0 Å². The van der Waals surface area contributed by atoms with Crippen LogP contribution in [0.15, 0.2) is 12.4 Å². The largest absolute Gasteiger partial charge is 0.465 e. The van der Waals surface area contributed by atoms with Crippen molar-refractivity contribution in [3.63, 3.8) is 0 Å². The Morgan fingerprint density at radius 3 is 3.05 bits per heavy atom. The van der Waals surface area contributed by atoms with Crippen molar-refractivity contribution in [3.05, 3.63) is 18.0 Å². The van der Waals surface area contributed by atoms with E-state index in [4.69, 9.17) is 9.84 Å². The van der Waals surface area contributed by atoms with Gasteiger partial charge in [-0.15, -0.1) is 0 Å². The van der Waals surface area contributed by atoms with Crippen LogP contribution in [0.4, 0.5) is 4.79 Å². The molecule has 0 aliphatic carbocycles. The van der Waals surface area contributed by atoms with E-state index >= 15 is 0 Å². The van der Waals surface area contributed by atoms with E-state index in [9.17, 15) is 9.59 Å². The lowest BCUT2D eigenvalue weighted by Crippen LogP contribution is -2.39. The third-order valence-corrected chi connectivity index (χ3v) is 3.15. The Bertz CT molecular complexity index is 471. The Morgan fingerprint density at radius 1 is 1.58 bits per heavy atom. The van der Waals surface area contributed by atoms with Gasteiger partial charge in [0.25, 0.3) is 0 Å². The summed E-state index contributed by atoms with van der Waals surface area (Å²) in [6.45, 7) is 3.02. The number of nitrogens with zero attached hydrogens (tertiary/aromatic N) is 3. The fraction of sp³-hybridized carbons (Fsp3) is 0.583. The predicted octanol–water partition coefficient (Wildman–Crippen LogP) is 1.37. The number of rotatable bonds is 3. The van der Waals surface area contributed by atoms with Crippen molar-refractivity contribution >= 4 is 12.1 Å². The molecule has 0 radical (unpaired) electrons. The van der Waals surface area contributed by atoms with Gasteiger partial charge in [0.2, 0.25) is 0 Å². The van der Waals surface area contributed by atoms with Crippen molar-refractivity contribution in [2.24, 2.45) is 0 Å². The quantitative estimate of drug-likeness (QED) is 0.836. The SMILES string of the molecule is CCOC(=O)c1cnn(C2CCCN(C(=O)O)C2)c1. The summed E-state index contributed by atoms with van der Waals surface area (Å²) < 4.78 is 6.55. The number of aromatic nitrogens is 2. The first kappa shape index (κ1) is 13.4. The van der Waals surface area contributed by atoms with Gasteiger partial charge in [-0.1, -0.05) is 0 Å². The Morgan fingerprint density at radius 2 is 2.37 bits per heavy atom. The van der Waals surface area contributed by atoms with Crippen LogP contribution in [0, 0.1) is 0 Å². The van der Waals surface area contributed by atoms with Gasteiger partial charge in [-0.3, -0.25) is 4.68 Å². The maximum absolute atomic E-state index is 11.5. The second kappa shape index (κ2) is 5.73. The zero-order chi connectivity index (χ0) is 13.8. The number of piperidine rings is 1. The van der Waals surface area contributed by atoms with Gasteiger partial charge in [0, 0.05) is 19.3 Å². The van der Waals surface area contributed by atoms with Gasteiger partial charge in [-0.25, -0.2) is 9.59 Å². The molecule has 1 aromatic rings. The van der Waals surface area contributed by atoms with Gasteiger partial charge < -0.3 is 14.7 Å². The number of carbonyl (C=O) groups is 2. The topological polar surface area (TPSA) is 84.7 Å². The molecule has 1 saturated heterocycles. The molecule has 1 aliphatic rings. The Kier molecular flexibility index (Phi) is 4.03. The van der Waals surface area contributed by atoms with Crippen LogP contribution < -0.4 is 0 Å². The van der Waals surface area contributed by atoms with Gasteiger partial charge in [-0.2, -0.15) is 5.10 Å². The number of carboxylic acid groups (broad SMARTS) is 1. The maximum Gasteiger partial charge on any atom is 0.407 e. The van der Waals surface area contributed by atoms with Crippen molar-refractivity contribution in [1.29, 1.82) is 0 Å². The molecular formula is C12H17N3O4. The van der Waals surface area contributed by atoms with E-state index in [1.165, 1.54) is 11.1 Å². The van der Waals surface area contributed by atoms with Crippen LogP contribution in [0.2, 0.25) is 0 Å². The summed E-state index contributed by atoms with van der Waals surface area (Å²) in [5, 5.41) is 13.1. The highest BCUT2D eigenvalue weighted by molar-refractivity contribution is 5.88.